The predicted octanol–water partition coefficient (Wildman–Crippen LogP) is 1.54. The largest absolute Gasteiger partial charge is 0.407 e. The Kier molecular flexibility index (Phi) is 4.42. The van der Waals surface area contributed by atoms with Crippen LogP contribution in [0.4, 0.5) is 5.69 Å². The summed E-state index contributed by atoms with van der Waals surface area (Å²) in [6, 6.07) is 6.62. The molecule has 1 aromatic carbocycles. The average molecular weight is 355 g/mol. The Hall–Kier alpha value is -0.980. The number of fused-ring (bicyclic) bond motifs is 1. The Balaban J connectivity index is 2.32. The van der Waals surface area contributed by atoms with Gasteiger partial charge >= 0.3 is 10.4 Å². The Labute approximate surface area is 124 Å². The molecule has 2 N–H and O–H groups in total. The number of aliphatic imine (C=N–C) groups is 1. The topological polar surface area (TPSA) is 130 Å². The summed E-state index contributed by atoms with van der Waals surface area (Å²) in [4.78, 5) is 4.54. The van der Waals surface area contributed by atoms with Crippen molar-refractivity contribution >= 4 is 42.1 Å². The van der Waals surface area contributed by atoms with E-state index in [9.17, 15) is 16.8 Å². The first-order valence-corrected chi connectivity index (χ1v) is 10.5. The lowest BCUT2D eigenvalue weighted by atomic mass is 10.3. The van der Waals surface area contributed by atoms with Crippen molar-refractivity contribution in [3.05, 3.63) is 24.3 Å². The van der Waals surface area contributed by atoms with E-state index in [0.717, 1.165) is 0 Å². The highest BCUT2D eigenvalue weighted by atomic mass is 32.3. The lowest BCUT2D eigenvalue weighted by Crippen LogP contribution is -2.16. The molecule has 21 heavy (non-hydrogen) atoms. The van der Waals surface area contributed by atoms with E-state index < -0.39 is 36.6 Å². The van der Waals surface area contributed by atoms with Crippen LogP contribution in [0.2, 0.25) is 0 Å². The zero-order valence-electron chi connectivity index (χ0n) is 10.6. The van der Waals surface area contributed by atoms with Crippen molar-refractivity contribution in [3.63, 3.8) is 0 Å². The highest BCUT2D eigenvalue weighted by Crippen LogP contribution is 2.62. The molecule has 118 valence electrons. The lowest BCUT2D eigenvalue weighted by Gasteiger charge is -2.30. The van der Waals surface area contributed by atoms with Crippen molar-refractivity contribution < 1.29 is 29.6 Å². The molecular formula is C10H13NO7S3. The Morgan fingerprint density at radius 1 is 1.14 bits per heavy atom. The Bertz CT molecular complexity index is 772. The molecule has 1 aromatic rings. The van der Waals surface area contributed by atoms with E-state index in [1.165, 1.54) is 5.55 Å². The monoisotopic (exact) mass is 355 g/mol. The molecule has 1 atom stereocenters. The van der Waals surface area contributed by atoms with Crippen LogP contribution in [0, 0.1) is 0 Å². The molecule has 0 fully saturated rings. The van der Waals surface area contributed by atoms with Crippen molar-refractivity contribution in [2.75, 3.05) is 11.5 Å². The zero-order valence-corrected chi connectivity index (χ0v) is 13.1. The molecule has 1 aliphatic rings. The van der Waals surface area contributed by atoms with Crippen molar-refractivity contribution in [1.29, 1.82) is 0 Å². The summed E-state index contributed by atoms with van der Waals surface area (Å²) < 4.78 is 66.2. The van der Waals surface area contributed by atoms with E-state index in [2.05, 4.69) is 4.99 Å². The summed E-state index contributed by atoms with van der Waals surface area (Å²) in [6.07, 6.45) is -0.0377. The second kappa shape index (κ2) is 5.66. The highest BCUT2D eigenvalue weighted by Gasteiger charge is 2.36. The zero-order chi connectivity index (χ0) is 15.7. The van der Waals surface area contributed by atoms with Gasteiger partial charge in [0.15, 0.2) is 0 Å². The van der Waals surface area contributed by atoms with Gasteiger partial charge in [-0.2, -0.15) is 20.5 Å². The van der Waals surface area contributed by atoms with Crippen LogP contribution >= 0.6 is 10.3 Å². The lowest BCUT2D eigenvalue weighted by molar-refractivity contribution is 0.403. The fourth-order valence-corrected chi connectivity index (χ4v) is 6.62. The molecule has 2 rings (SSSR count). The van der Waals surface area contributed by atoms with Gasteiger partial charge in [0.2, 0.25) is 0 Å². The summed E-state index contributed by atoms with van der Waals surface area (Å²) in [5.41, 5.74) is 1.79. The van der Waals surface area contributed by atoms with Crippen LogP contribution in [0.25, 0.3) is 0 Å². The van der Waals surface area contributed by atoms with Gasteiger partial charge in [-0.3, -0.25) is 9.11 Å². The second-order valence-electron chi connectivity index (χ2n) is 4.27. The van der Waals surface area contributed by atoms with E-state index in [1.807, 2.05) is 0 Å². The molecule has 1 aliphatic heterocycles. The first-order chi connectivity index (χ1) is 9.61. The van der Waals surface area contributed by atoms with Crippen molar-refractivity contribution in [1.82, 2.24) is 0 Å². The quantitative estimate of drug-likeness (QED) is 0.740. The molecule has 11 heteroatoms. The van der Waals surface area contributed by atoms with Crippen LogP contribution in [-0.2, 0) is 24.1 Å². The van der Waals surface area contributed by atoms with Gasteiger partial charge in [-0.25, -0.2) is 4.99 Å². The summed E-state index contributed by atoms with van der Waals surface area (Å²) in [6.45, 7) is 0. The maximum atomic E-state index is 11.1. The third kappa shape index (κ3) is 4.25. The van der Waals surface area contributed by atoms with E-state index in [-0.39, 0.29) is 12.2 Å². The fraction of sp³-hybridized carbons (Fsp3) is 0.300. The maximum Gasteiger partial charge on any atom is 0.407 e. The first kappa shape index (κ1) is 16.4. The fourth-order valence-electron chi connectivity index (χ4n) is 1.91. The van der Waals surface area contributed by atoms with Gasteiger partial charge in [0.05, 0.1) is 17.0 Å². The Morgan fingerprint density at radius 3 is 2.43 bits per heavy atom. The van der Waals surface area contributed by atoms with E-state index >= 15 is 0 Å². The third-order valence-electron chi connectivity index (χ3n) is 2.66. The normalized spacial score (nSPS) is 24.5. The minimum Gasteiger partial charge on any atom is -0.286 e. The SMILES string of the molecule is O=S(=O)(O)CCCS1(OS(=O)(=O)O)C=Nc2ccccc21. The molecule has 0 amide bonds. The van der Waals surface area contributed by atoms with Gasteiger partial charge in [0.25, 0.3) is 10.1 Å². The molecule has 8 nitrogen and oxygen atoms in total. The molecule has 0 saturated heterocycles. The minimum absolute atomic E-state index is 0.00685. The van der Waals surface area contributed by atoms with Crippen LogP contribution < -0.4 is 0 Å². The summed E-state index contributed by atoms with van der Waals surface area (Å²) in [7, 11) is -11.5. The van der Waals surface area contributed by atoms with Gasteiger partial charge in [-0.15, -0.1) is 0 Å². The van der Waals surface area contributed by atoms with Gasteiger partial charge in [0, 0.05) is 10.6 Å². The van der Waals surface area contributed by atoms with Gasteiger partial charge in [0.1, 0.15) is 0 Å². The van der Waals surface area contributed by atoms with Crippen LogP contribution in [0.1, 0.15) is 6.42 Å². The third-order valence-corrected chi connectivity index (χ3v) is 7.55. The number of rotatable bonds is 6. The predicted molar refractivity (Wildman–Crippen MR) is 79.0 cm³/mol. The number of nitrogens with zero attached hydrogens (tertiary/aromatic N) is 1. The number of para-hydroxylation sites is 1. The number of hydrogen-bond acceptors (Lipinski definition) is 6. The van der Waals surface area contributed by atoms with Crippen molar-refractivity contribution in [3.8, 4) is 0 Å². The molecule has 1 heterocycles. The standard InChI is InChI=1S/C10H13NO7S3/c12-20(13,14)7-3-6-19(18-21(15,16)17)8-11-9-4-1-2-5-10(9)19/h1-2,4-5,8H,3,6-7H2,(H,12,13,14)(H,15,16,17). The van der Waals surface area contributed by atoms with Crippen LogP contribution in [0.3, 0.4) is 0 Å². The summed E-state index contributed by atoms with van der Waals surface area (Å²) in [5.74, 6) is -0.542. The maximum absolute atomic E-state index is 11.1. The van der Waals surface area contributed by atoms with Crippen molar-refractivity contribution in [2.24, 2.45) is 4.99 Å². The summed E-state index contributed by atoms with van der Waals surface area (Å²) >= 11 is 0. The van der Waals surface area contributed by atoms with E-state index in [1.54, 1.807) is 24.3 Å². The second-order valence-corrected chi connectivity index (χ2v) is 9.75. The van der Waals surface area contributed by atoms with Gasteiger partial charge in [-0.05, 0) is 28.9 Å². The molecule has 0 aliphatic carbocycles. The summed E-state index contributed by atoms with van der Waals surface area (Å²) in [5, 5.41) is 0. The van der Waals surface area contributed by atoms with Crippen molar-refractivity contribution in [2.45, 2.75) is 11.3 Å². The molecule has 1 unspecified atom stereocenters. The highest BCUT2D eigenvalue weighted by molar-refractivity contribution is 8.43. The van der Waals surface area contributed by atoms with Crippen LogP contribution in [-0.4, -0.2) is 43.0 Å². The first-order valence-electron chi connectivity index (χ1n) is 5.69. The van der Waals surface area contributed by atoms with Crippen LogP contribution in [0.5, 0.6) is 0 Å². The average Bonchev–Trinajstić information content (AvgIpc) is 2.65. The van der Waals surface area contributed by atoms with E-state index in [4.69, 9.17) is 12.7 Å². The molecule has 0 aromatic heterocycles. The van der Waals surface area contributed by atoms with E-state index in [0.29, 0.717) is 10.6 Å². The Morgan fingerprint density at radius 2 is 1.81 bits per heavy atom. The number of benzene rings is 1. The molecule has 0 saturated carbocycles. The molecule has 0 bridgehead atoms. The number of hydrogen-bond donors (Lipinski definition) is 2. The molecule has 0 spiro atoms. The smallest absolute Gasteiger partial charge is 0.286 e. The molecule has 0 radical (unpaired) electrons. The van der Waals surface area contributed by atoms with Gasteiger partial charge < -0.3 is 0 Å². The molecular weight excluding hydrogens is 342 g/mol. The van der Waals surface area contributed by atoms with Gasteiger partial charge in [-0.1, -0.05) is 12.1 Å². The van der Waals surface area contributed by atoms with Crippen LogP contribution in [0.15, 0.2) is 34.2 Å². The minimum atomic E-state index is -4.74.